The lowest BCUT2D eigenvalue weighted by atomic mass is 10.2. The van der Waals surface area contributed by atoms with Crippen LogP contribution < -0.4 is 10.1 Å². The number of halogens is 1. The molecule has 1 amide bonds. The number of esters is 1. The summed E-state index contributed by atoms with van der Waals surface area (Å²) < 4.78 is 11.1. The van der Waals surface area contributed by atoms with Gasteiger partial charge in [0.2, 0.25) is 0 Å². The Hall–Kier alpha value is -2.94. The summed E-state index contributed by atoms with van der Waals surface area (Å²) in [6, 6.07) is 10.5. The quantitative estimate of drug-likeness (QED) is 0.417. The fraction of sp³-hybridized carbons (Fsp3) is 0.176. The van der Waals surface area contributed by atoms with Gasteiger partial charge in [0, 0.05) is 27.7 Å². The zero-order valence-corrected chi connectivity index (χ0v) is 15.3. The number of carbonyl (C=O) groups excluding carboxylic acids is 2. The van der Waals surface area contributed by atoms with Crippen molar-refractivity contribution < 1.29 is 24.0 Å². The number of rotatable bonds is 7. The summed E-state index contributed by atoms with van der Waals surface area (Å²) in [5.41, 5.74) is 0.544. The molecule has 0 aliphatic rings. The molecule has 9 heteroatoms. The first-order valence-corrected chi connectivity index (χ1v) is 8.20. The molecular formula is C17H15BrN2O6. The summed E-state index contributed by atoms with van der Waals surface area (Å²) in [4.78, 5) is 33.9. The third-order valence-corrected chi connectivity index (χ3v) is 3.84. The number of nitrogens with one attached hydrogen (secondary N) is 1. The molecule has 0 aromatic heterocycles. The molecule has 0 fully saturated rings. The lowest BCUT2D eigenvalue weighted by molar-refractivity contribution is -0.384. The van der Waals surface area contributed by atoms with Crippen LogP contribution in [0, 0.1) is 10.1 Å². The zero-order valence-electron chi connectivity index (χ0n) is 13.7. The van der Waals surface area contributed by atoms with Gasteiger partial charge in [0.25, 0.3) is 11.6 Å². The molecule has 0 aliphatic carbocycles. The molecule has 2 aromatic rings. The Kier molecular flexibility index (Phi) is 6.67. The van der Waals surface area contributed by atoms with E-state index in [9.17, 15) is 19.7 Å². The molecule has 136 valence electrons. The van der Waals surface area contributed by atoms with Gasteiger partial charge >= 0.3 is 5.97 Å². The summed E-state index contributed by atoms with van der Waals surface area (Å²) in [7, 11) is 1.51. The lowest BCUT2D eigenvalue weighted by Crippen LogP contribution is -2.30. The van der Waals surface area contributed by atoms with Gasteiger partial charge in [-0.25, -0.2) is 0 Å². The Morgan fingerprint density at radius 3 is 2.69 bits per heavy atom. The third-order valence-electron chi connectivity index (χ3n) is 3.34. The summed E-state index contributed by atoms with van der Waals surface area (Å²) in [5.74, 6) is -0.682. The van der Waals surface area contributed by atoms with Gasteiger partial charge in [0.05, 0.1) is 12.0 Å². The largest absolute Gasteiger partial charge is 0.496 e. The zero-order chi connectivity index (χ0) is 19.1. The van der Waals surface area contributed by atoms with E-state index in [1.807, 2.05) is 0 Å². The maximum Gasteiger partial charge on any atom is 0.325 e. The van der Waals surface area contributed by atoms with Crippen molar-refractivity contribution in [3.63, 3.8) is 0 Å². The summed E-state index contributed by atoms with van der Waals surface area (Å²) in [5, 5.41) is 13.1. The van der Waals surface area contributed by atoms with Crippen molar-refractivity contribution in [2.45, 2.75) is 6.61 Å². The molecule has 0 atom stereocenters. The van der Waals surface area contributed by atoms with Gasteiger partial charge in [-0.15, -0.1) is 0 Å². The minimum Gasteiger partial charge on any atom is -0.496 e. The molecule has 2 rings (SSSR count). The van der Waals surface area contributed by atoms with Gasteiger partial charge < -0.3 is 14.8 Å². The molecule has 1 N–H and O–H groups in total. The summed E-state index contributed by atoms with van der Waals surface area (Å²) in [6.45, 7) is -0.383. The Labute approximate surface area is 157 Å². The van der Waals surface area contributed by atoms with Gasteiger partial charge in [-0.3, -0.25) is 19.7 Å². The molecule has 0 bridgehead atoms. The second kappa shape index (κ2) is 8.95. The van der Waals surface area contributed by atoms with E-state index in [-0.39, 0.29) is 24.4 Å². The Balaban J connectivity index is 1.89. The second-order valence-electron chi connectivity index (χ2n) is 5.11. The van der Waals surface area contributed by atoms with Crippen LogP contribution in [0.1, 0.15) is 15.9 Å². The van der Waals surface area contributed by atoms with Crippen molar-refractivity contribution >= 4 is 33.5 Å². The monoisotopic (exact) mass is 422 g/mol. The van der Waals surface area contributed by atoms with Gasteiger partial charge in [-0.2, -0.15) is 0 Å². The highest BCUT2D eigenvalue weighted by molar-refractivity contribution is 9.10. The topological polar surface area (TPSA) is 108 Å². The third kappa shape index (κ3) is 5.28. The van der Waals surface area contributed by atoms with Crippen LogP contribution in [0.3, 0.4) is 0 Å². The molecule has 0 radical (unpaired) electrons. The number of nitro benzene ring substituents is 1. The first kappa shape index (κ1) is 19.4. The summed E-state index contributed by atoms with van der Waals surface area (Å²) in [6.07, 6.45) is 0. The van der Waals surface area contributed by atoms with Crippen LogP contribution in [0.5, 0.6) is 5.75 Å². The second-order valence-corrected chi connectivity index (χ2v) is 6.02. The number of carbonyl (C=O) groups is 2. The maximum absolute atomic E-state index is 12.0. The standard InChI is InChI=1S/C17H15BrN2O6/c1-25-15-6-5-13(18)7-12(15)10-26-16(21)9-19-17(22)11-3-2-4-14(8-11)20(23)24/h2-8H,9-10H2,1H3,(H,19,22). The first-order valence-electron chi connectivity index (χ1n) is 7.41. The van der Waals surface area contributed by atoms with Gasteiger partial charge in [0.1, 0.15) is 18.9 Å². The van der Waals surface area contributed by atoms with E-state index in [1.54, 1.807) is 18.2 Å². The average molecular weight is 423 g/mol. The van der Waals surface area contributed by atoms with E-state index in [1.165, 1.54) is 25.3 Å². The van der Waals surface area contributed by atoms with Crippen LogP contribution >= 0.6 is 15.9 Å². The predicted octanol–water partition coefficient (Wildman–Crippen LogP) is 2.84. The van der Waals surface area contributed by atoms with Crippen LogP contribution in [0.4, 0.5) is 5.69 Å². The number of nitro groups is 1. The highest BCUT2D eigenvalue weighted by atomic mass is 79.9. The van der Waals surface area contributed by atoms with Gasteiger partial charge in [-0.1, -0.05) is 22.0 Å². The Morgan fingerprint density at radius 1 is 1.23 bits per heavy atom. The van der Waals surface area contributed by atoms with Crippen LogP contribution in [-0.2, 0) is 16.1 Å². The molecule has 8 nitrogen and oxygen atoms in total. The highest BCUT2D eigenvalue weighted by Crippen LogP contribution is 2.23. The van der Waals surface area contributed by atoms with Crippen LogP contribution in [0.2, 0.25) is 0 Å². The van der Waals surface area contributed by atoms with Crippen molar-refractivity contribution in [1.82, 2.24) is 5.32 Å². The number of nitrogens with zero attached hydrogens (tertiary/aromatic N) is 1. The van der Waals surface area contributed by atoms with Crippen LogP contribution in [0.25, 0.3) is 0 Å². The van der Waals surface area contributed by atoms with E-state index >= 15 is 0 Å². The molecule has 0 unspecified atom stereocenters. The Bertz CT molecular complexity index is 840. The lowest BCUT2D eigenvalue weighted by Gasteiger charge is -2.10. The molecule has 0 saturated heterocycles. The minimum absolute atomic E-state index is 0.0197. The van der Waals surface area contributed by atoms with E-state index in [0.29, 0.717) is 11.3 Å². The van der Waals surface area contributed by atoms with E-state index in [4.69, 9.17) is 9.47 Å². The SMILES string of the molecule is COc1ccc(Br)cc1COC(=O)CNC(=O)c1cccc([N+](=O)[O-])c1. The number of hydrogen-bond acceptors (Lipinski definition) is 6. The predicted molar refractivity (Wildman–Crippen MR) is 95.9 cm³/mol. The maximum atomic E-state index is 12.0. The Morgan fingerprint density at radius 2 is 2.00 bits per heavy atom. The molecule has 0 heterocycles. The van der Waals surface area contributed by atoms with Gasteiger partial charge in [0.15, 0.2) is 0 Å². The molecule has 0 saturated carbocycles. The smallest absolute Gasteiger partial charge is 0.325 e. The number of benzene rings is 2. The molecular weight excluding hydrogens is 408 g/mol. The number of amides is 1. The van der Waals surface area contributed by atoms with Crippen molar-refractivity contribution in [3.05, 3.63) is 68.2 Å². The molecule has 0 spiro atoms. The number of non-ortho nitro benzene ring substituents is 1. The van der Waals surface area contributed by atoms with Crippen molar-refractivity contribution in [3.8, 4) is 5.75 Å². The number of hydrogen-bond donors (Lipinski definition) is 1. The van der Waals surface area contributed by atoms with Crippen LogP contribution in [-0.4, -0.2) is 30.5 Å². The highest BCUT2D eigenvalue weighted by Gasteiger charge is 2.13. The van der Waals surface area contributed by atoms with Crippen molar-refractivity contribution in [2.75, 3.05) is 13.7 Å². The molecule has 0 aliphatic heterocycles. The van der Waals surface area contributed by atoms with Crippen LogP contribution in [0.15, 0.2) is 46.9 Å². The number of ether oxygens (including phenoxy) is 2. The normalized spacial score (nSPS) is 10.1. The van der Waals surface area contributed by atoms with E-state index in [0.717, 1.165) is 10.5 Å². The first-order chi connectivity index (χ1) is 12.4. The van der Waals surface area contributed by atoms with Gasteiger partial charge in [-0.05, 0) is 24.3 Å². The summed E-state index contributed by atoms with van der Waals surface area (Å²) >= 11 is 3.32. The minimum atomic E-state index is -0.647. The van der Waals surface area contributed by atoms with E-state index < -0.39 is 16.8 Å². The number of methoxy groups -OCH3 is 1. The van der Waals surface area contributed by atoms with Crippen molar-refractivity contribution in [1.29, 1.82) is 0 Å². The van der Waals surface area contributed by atoms with E-state index in [2.05, 4.69) is 21.2 Å². The average Bonchev–Trinajstić information content (AvgIpc) is 2.64. The fourth-order valence-electron chi connectivity index (χ4n) is 2.08. The van der Waals surface area contributed by atoms with Crippen molar-refractivity contribution in [2.24, 2.45) is 0 Å². The molecule has 2 aromatic carbocycles. The molecule has 26 heavy (non-hydrogen) atoms. The fourth-order valence-corrected chi connectivity index (χ4v) is 2.49.